The number of fused-ring (bicyclic) bond motifs is 1. The number of ether oxygens (including phenoxy) is 2. The van der Waals surface area contributed by atoms with Crippen molar-refractivity contribution >= 4 is 16.9 Å². The van der Waals surface area contributed by atoms with Gasteiger partial charge in [-0.1, -0.05) is 60.7 Å². The van der Waals surface area contributed by atoms with E-state index in [4.69, 9.17) is 13.9 Å². The monoisotopic (exact) mass is 414 g/mol. The fourth-order valence-corrected chi connectivity index (χ4v) is 3.55. The Hall–Kier alpha value is -3.86. The van der Waals surface area contributed by atoms with Crippen LogP contribution in [0.2, 0.25) is 0 Å². The van der Waals surface area contributed by atoms with Crippen molar-refractivity contribution in [2.45, 2.75) is 20.0 Å². The van der Waals surface area contributed by atoms with Gasteiger partial charge in [-0.25, -0.2) is 9.59 Å². The molecule has 0 aliphatic rings. The number of aryl methyl sites for hydroxylation is 1. The summed E-state index contributed by atoms with van der Waals surface area (Å²) in [6.45, 7) is 3.81. The van der Waals surface area contributed by atoms with E-state index in [-0.39, 0.29) is 6.61 Å². The van der Waals surface area contributed by atoms with Crippen LogP contribution in [-0.2, 0) is 9.53 Å². The molecule has 0 unspecified atom stereocenters. The van der Waals surface area contributed by atoms with Crippen molar-refractivity contribution in [3.63, 3.8) is 0 Å². The van der Waals surface area contributed by atoms with Crippen LogP contribution < -0.4 is 10.4 Å². The number of hydrogen-bond donors (Lipinski definition) is 0. The summed E-state index contributed by atoms with van der Waals surface area (Å²) in [5, 5.41) is 0.794. The number of hydrogen-bond acceptors (Lipinski definition) is 5. The average molecular weight is 414 g/mol. The van der Waals surface area contributed by atoms with Crippen molar-refractivity contribution < 1.29 is 18.7 Å². The first-order valence-electron chi connectivity index (χ1n) is 10.1. The lowest BCUT2D eigenvalue weighted by molar-refractivity contribution is -0.151. The van der Waals surface area contributed by atoms with Crippen LogP contribution in [0.1, 0.15) is 24.2 Å². The number of carbonyl (C=O) groups excluding carboxylic acids is 1. The molecule has 1 atom stereocenters. The molecule has 0 aliphatic carbocycles. The third-order valence-electron chi connectivity index (χ3n) is 5.04. The van der Waals surface area contributed by atoms with Crippen LogP contribution in [0.25, 0.3) is 22.1 Å². The summed E-state index contributed by atoms with van der Waals surface area (Å²) < 4.78 is 16.9. The smallest absolute Gasteiger partial charge is 0.352 e. The van der Waals surface area contributed by atoms with E-state index in [1.54, 1.807) is 13.0 Å². The molecule has 0 radical (unpaired) electrons. The van der Waals surface area contributed by atoms with Crippen LogP contribution in [-0.4, -0.2) is 12.6 Å². The largest absolute Gasteiger partial charge is 0.474 e. The van der Waals surface area contributed by atoms with Gasteiger partial charge in [-0.15, -0.1) is 0 Å². The number of benzene rings is 3. The normalized spacial score (nSPS) is 11.8. The summed E-state index contributed by atoms with van der Waals surface area (Å²) in [5.74, 6) is -0.0320. The Labute approximate surface area is 179 Å². The summed E-state index contributed by atoms with van der Waals surface area (Å²) >= 11 is 0. The Morgan fingerprint density at radius 1 is 0.968 bits per heavy atom. The third kappa shape index (κ3) is 4.21. The van der Waals surface area contributed by atoms with Gasteiger partial charge in [0.25, 0.3) is 0 Å². The topological polar surface area (TPSA) is 65.7 Å². The Balaban J connectivity index is 1.80. The van der Waals surface area contributed by atoms with Crippen molar-refractivity contribution in [2.24, 2.45) is 0 Å². The maximum absolute atomic E-state index is 12.6. The van der Waals surface area contributed by atoms with Crippen LogP contribution in [0.5, 0.6) is 5.75 Å². The Bertz CT molecular complexity index is 1260. The van der Waals surface area contributed by atoms with Gasteiger partial charge >= 0.3 is 11.6 Å². The van der Waals surface area contributed by atoms with Gasteiger partial charge < -0.3 is 13.9 Å². The first-order valence-corrected chi connectivity index (χ1v) is 10.1. The molecule has 5 nitrogen and oxygen atoms in total. The molecule has 0 spiro atoms. The standard InChI is InChI=1S/C26H22O5/c1-3-29-26(28)25(19-12-8-5-9-13-19)30-22-15-14-20-21(18-10-6-4-7-11-18)16-23(27)31-24(20)17(22)2/h4-16,25H,3H2,1-2H3/t25-/m0/s1. The zero-order valence-electron chi connectivity index (χ0n) is 17.3. The summed E-state index contributed by atoms with van der Waals surface area (Å²) in [6, 6.07) is 23.9. The van der Waals surface area contributed by atoms with Crippen molar-refractivity contribution in [1.29, 1.82) is 0 Å². The first-order chi connectivity index (χ1) is 15.1. The van der Waals surface area contributed by atoms with Gasteiger partial charge in [0.1, 0.15) is 11.3 Å². The minimum Gasteiger partial charge on any atom is -0.474 e. The van der Waals surface area contributed by atoms with Gasteiger partial charge in [0.05, 0.1) is 6.61 Å². The SMILES string of the molecule is CCOC(=O)[C@@H](Oc1ccc2c(-c3ccccc3)cc(=O)oc2c1C)c1ccccc1. The Kier molecular flexibility index (Phi) is 5.85. The highest BCUT2D eigenvalue weighted by molar-refractivity contribution is 5.95. The maximum atomic E-state index is 12.6. The van der Waals surface area contributed by atoms with E-state index < -0.39 is 17.7 Å². The van der Waals surface area contributed by atoms with Gasteiger partial charge in [-0.3, -0.25) is 0 Å². The van der Waals surface area contributed by atoms with E-state index in [1.165, 1.54) is 6.07 Å². The second-order valence-corrected chi connectivity index (χ2v) is 7.07. The van der Waals surface area contributed by atoms with E-state index in [1.807, 2.05) is 73.7 Å². The molecule has 4 aromatic rings. The van der Waals surface area contributed by atoms with Crippen LogP contribution in [0.15, 0.2) is 88.1 Å². The van der Waals surface area contributed by atoms with Crippen LogP contribution >= 0.6 is 0 Å². The molecular formula is C26H22O5. The van der Waals surface area contributed by atoms with Crippen molar-refractivity contribution in [2.75, 3.05) is 6.61 Å². The molecule has 4 rings (SSSR count). The highest BCUT2D eigenvalue weighted by atomic mass is 16.6. The molecule has 156 valence electrons. The molecule has 0 fully saturated rings. The molecule has 0 saturated heterocycles. The van der Waals surface area contributed by atoms with Crippen LogP contribution in [0.4, 0.5) is 0 Å². The molecule has 0 N–H and O–H groups in total. The van der Waals surface area contributed by atoms with Gasteiger partial charge in [0.15, 0.2) is 0 Å². The molecule has 0 amide bonds. The molecule has 0 bridgehead atoms. The predicted molar refractivity (Wildman–Crippen MR) is 119 cm³/mol. The lowest BCUT2D eigenvalue weighted by atomic mass is 10.00. The van der Waals surface area contributed by atoms with Gasteiger partial charge in [-0.05, 0) is 37.1 Å². The summed E-state index contributed by atoms with van der Waals surface area (Å²) in [4.78, 5) is 24.9. The molecule has 0 saturated carbocycles. The minimum atomic E-state index is -0.929. The van der Waals surface area contributed by atoms with Gasteiger partial charge in [0.2, 0.25) is 6.10 Å². The van der Waals surface area contributed by atoms with Crippen LogP contribution in [0, 0.1) is 6.92 Å². The lowest BCUT2D eigenvalue weighted by Gasteiger charge is -2.20. The fraction of sp³-hybridized carbons (Fsp3) is 0.154. The number of carbonyl (C=O) groups is 1. The number of rotatable bonds is 6. The Morgan fingerprint density at radius 3 is 2.32 bits per heavy atom. The molecular weight excluding hydrogens is 392 g/mol. The summed E-state index contributed by atoms with van der Waals surface area (Å²) in [7, 11) is 0. The van der Waals surface area contributed by atoms with Crippen molar-refractivity contribution in [3.05, 3.63) is 100 Å². The molecule has 5 heteroatoms. The van der Waals surface area contributed by atoms with Gasteiger partial charge in [-0.2, -0.15) is 0 Å². The zero-order chi connectivity index (χ0) is 21.8. The fourth-order valence-electron chi connectivity index (χ4n) is 3.55. The maximum Gasteiger partial charge on any atom is 0.352 e. The lowest BCUT2D eigenvalue weighted by Crippen LogP contribution is -2.21. The van der Waals surface area contributed by atoms with E-state index in [0.29, 0.717) is 22.5 Å². The average Bonchev–Trinajstić information content (AvgIpc) is 2.80. The molecule has 1 aromatic heterocycles. The van der Waals surface area contributed by atoms with Crippen LogP contribution in [0.3, 0.4) is 0 Å². The third-order valence-corrected chi connectivity index (χ3v) is 5.04. The highest BCUT2D eigenvalue weighted by Gasteiger charge is 2.25. The molecule has 3 aromatic carbocycles. The van der Waals surface area contributed by atoms with Crippen molar-refractivity contribution in [1.82, 2.24) is 0 Å². The highest BCUT2D eigenvalue weighted by Crippen LogP contribution is 2.35. The van der Waals surface area contributed by atoms with E-state index >= 15 is 0 Å². The second kappa shape index (κ2) is 8.88. The molecule has 31 heavy (non-hydrogen) atoms. The molecule has 1 heterocycles. The van der Waals surface area contributed by atoms with Crippen molar-refractivity contribution in [3.8, 4) is 16.9 Å². The zero-order valence-corrected chi connectivity index (χ0v) is 17.3. The van der Waals surface area contributed by atoms with Gasteiger partial charge in [0, 0.05) is 22.6 Å². The summed E-state index contributed by atoms with van der Waals surface area (Å²) in [5.41, 5.74) is 3.00. The minimum absolute atomic E-state index is 0.248. The predicted octanol–water partition coefficient (Wildman–Crippen LogP) is 5.45. The molecule has 0 aliphatic heterocycles. The van der Waals surface area contributed by atoms with E-state index in [0.717, 1.165) is 16.5 Å². The van der Waals surface area contributed by atoms with E-state index in [2.05, 4.69) is 0 Å². The second-order valence-electron chi connectivity index (χ2n) is 7.07. The van der Waals surface area contributed by atoms with E-state index in [9.17, 15) is 9.59 Å². The summed E-state index contributed by atoms with van der Waals surface area (Å²) in [6.07, 6.45) is -0.929. The first kappa shape index (κ1) is 20.4. The number of esters is 1. The Morgan fingerprint density at radius 2 is 1.65 bits per heavy atom. The quantitative estimate of drug-likeness (QED) is 0.310.